The van der Waals surface area contributed by atoms with E-state index in [4.69, 9.17) is 4.74 Å². The van der Waals surface area contributed by atoms with E-state index in [9.17, 15) is 0 Å². The number of rotatable bonds is 7. The Balaban J connectivity index is 1.92. The molecular formula is C15H28N4O. The van der Waals surface area contributed by atoms with Crippen LogP contribution in [0.4, 0.5) is 5.95 Å². The Labute approximate surface area is 122 Å². The summed E-state index contributed by atoms with van der Waals surface area (Å²) in [5, 5.41) is 3.25. The summed E-state index contributed by atoms with van der Waals surface area (Å²) in [6.07, 6.45) is 7.79. The van der Waals surface area contributed by atoms with Crippen molar-refractivity contribution in [2.75, 3.05) is 45.3 Å². The quantitative estimate of drug-likeness (QED) is 0.828. The molecule has 0 aliphatic carbocycles. The van der Waals surface area contributed by atoms with Crippen LogP contribution in [0.25, 0.3) is 0 Å². The van der Waals surface area contributed by atoms with Crippen LogP contribution in [-0.4, -0.2) is 49.9 Å². The van der Waals surface area contributed by atoms with Gasteiger partial charge in [0.2, 0.25) is 5.95 Å². The summed E-state index contributed by atoms with van der Waals surface area (Å²) in [6, 6.07) is 0.333. The van der Waals surface area contributed by atoms with Crippen molar-refractivity contribution in [3.63, 3.8) is 0 Å². The topological polar surface area (TPSA) is 42.3 Å². The van der Waals surface area contributed by atoms with Crippen LogP contribution in [-0.2, 0) is 4.74 Å². The van der Waals surface area contributed by atoms with Crippen LogP contribution in [0.2, 0.25) is 0 Å². The molecule has 0 amide bonds. The summed E-state index contributed by atoms with van der Waals surface area (Å²) in [5.74, 6) is 1.96. The molecule has 0 bridgehead atoms. The van der Waals surface area contributed by atoms with E-state index >= 15 is 0 Å². The third kappa shape index (κ3) is 3.73. The zero-order valence-corrected chi connectivity index (χ0v) is 13.0. The first-order chi connectivity index (χ1) is 9.76. The van der Waals surface area contributed by atoms with E-state index in [0.717, 1.165) is 38.1 Å². The molecule has 0 radical (unpaired) electrons. The summed E-state index contributed by atoms with van der Waals surface area (Å²) >= 11 is 0. The van der Waals surface area contributed by atoms with Crippen LogP contribution < -0.4 is 10.2 Å². The largest absolute Gasteiger partial charge is 0.383 e. The Bertz CT molecular complexity index is 385. The number of ether oxygens (including phenoxy) is 1. The van der Waals surface area contributed by atoms with Crippen LogP contribution in [0, 0.1) is 5.92 Å². The van der Waals surface area contributed by atoms with Gasteiger partial charge in [-0.2, -0.15) is 0 Å². The molecule has 1 aromatic rings. The van der Waals surface area contributed by atoms with Crippen LogP contribution in [0.3, 0.4) is 0 Å². The molecule has 1 aliphatic rings. The average Bonchev–Trinajstić information content (AvgIpc) is 2.95. The molecule has 1 fully saturated rings. The second-order valence-corrected chi connectivity index (χ2v) is 5.76. The van der Waals surface area contributed by atoms with Crippen molar-refractivity contribution in [3.05, 3.63) is 12.4 Å². The highest BCUT2D eigenvalue weighted by Crippen LogP contribution is 2.25. The molecule has 1 aliphatic heterocycles. The molecule has 5 heteroatoms. The molecule has 1 unspecified atom stereocenters. The SMILES string of the molecule is CNCCC1CCN(c2nccn2C(C)COC)CC1. The van der Waals surface area contributed by atoms with Gasteiger partial charge in [-0.1, -0.05) is 0 Å². The van der Waals surface area contributed by atoms with Crippen LogP contribution in [0.5, 0.6) is 0 Å². The maximum Gasteiger partial charge on any atom is 0.205 e. The van der Waals surface area contributed by atoms with Gasteiger partial charge in [-0.15, -0.1) is 0 Å². The molecule has 2 heterocycles. The second-order valence-electron chi connectivity index (χ2n) is 5.76. The third-order valence-electron chi connectivity index (χ3n) is 4.23. The van der Waals surface area contributed by atoms with Gasteiger partial charge in [-0.25, -0.2) is 4.98 Å². The standard InChI is InChI=1S/C15H28N4O/c1-13(12-20-3)19-11-8-17-15(19)18-9-5-14(6-10-18)4-7-16-2/h8,11,13-14,16H,4-7,9-10,12H2,1-3H3. The van der Waals surface area contributed by atoms with Gasteiger partial charge in [0.15, 0.2) is 0 Å². The predicted octanol–water partition coefficient (Wildman–Crippen LogP) is 1.92. The maximum absolute atomic E-state index is 5.26. The molecule has 1 N–H and O–H groups in total. The van der Waals surface area contributed by atoms with Gasteiger partial charge in [0, 0.05) is 32.6 Å². The van der Waals surface area contributed by atoms with Crippen molar-refractivity contribution in [2.24, 2.45) is 5.92 Å². The lowest BCUT2D eigenvalue weighted by atomic mass is 9.94. The number of nitrogens with one attached hydrogen (secondary N) is 1. The van der Waals surface area contributed by atoms with Crippen molar-refractivity contribution in [2.45, 2.75) is 32.2 Å². The normalized spacial score (nSPS) is 18.4. The van der Waals surface area contributed by atoms with Gasteiger partial charge in [-0.3, -0.25) is 0 Å². The number of piperidine rings is 1. The lowest BCUT2D eigenvalue weighted by Crippen LogP contribution is -2.36. The number of hydrogen-bond donors (Lipinski definition) is 1. The highest BCUT2D eigenvalue weighted by atomic mass is 16.5. The molecule has 0 aromatic carbocycles. The van der Waals surface area contributed by atoms with Crippen molar-refractivity contribution in [3.8, 4) is 0 Å². The van der Waals surface area contributed by atoms with Gasteiger partial charge in [0.1, 0.15) is 0 Å². The van der Waals surface area contributed by atoms with Crippen LogP contribution in [0.1, 0.15) is 32.2 Å². The minimum atomic E-state index is 0.333. The number of nitrogens with zero attached hydrogens (tertiary/aromatic N) is 3. The van der Waals surface area contributed by atoms with Crippen molar-refractivity contribution in [1.29, 1.82) is 0 Å². The Kier molecular flexibility index (Phi) is 5.86. The molecule has 2 rings (SSSR count). The highest BCUT2D eigenvalue weighted by Gasteiger charge is 2.22. The van der Waals surface area contributed by atoms with E-state index in [1.54, 1.807) is 7.11 Å². The summed E-state index contributed by atoms with van der Waals surface area (Å²) in [5.41, 5.74) is 0. The first-order valence-electron chi connectivity index (χ1n) is 7.67. The minimum absolute atomic E-state index is 0.333. The van der Waals surface area contributed by atoms with E-state index in [1.165, 1.54) is 19.3 Å². The van der Waals surface area contributed by atoms with Crippen molar-refractivity contribution in [1.82, 2.24) is 14.9 Å². The fourth-order valence-corrected chi connectivity index (χ4v) is 2.99. The third-order valence-corrected chi connectivity index (χ3v) is 4.23. The fourth-order valence-electron chi connectivity index (χ4n) is 2.99. The molecule has 20 heavy (non-hydrogen) atoms. The predicted molar refractivity (Wildman–Crippen MR) is 82.3 cm³/mol. The van der Waals surface area contributed by atoms with Gasteiger partial charge >= 0.3 is 0 Å². The zero-order chi connectivity index (χ0) is 14.4. The molecule has 1 atom stereocenters. The lowest BCUT2D eigenvalue weighted by Gasteiger charge is -2.33. The summed E-state index contributed by atoms with van der Waals surface area (Å²) in [7, 11) is 3.78. The number of imidazole rings is 1. The number of aromatic nitrogens is 2. The van der Waals surface area contributed by atoms with E-state index in [-0.39, 0.29) is 0 Å². The van der Waals surface area contributed by atoms with E-state index in [2.05, 4.69) is 32.9 Å². The van der Waals surface area contributed by atoms with Gasteiger partial charge in [0.25, 0.3) is 0 Å². The zero-order valence-electron chi connectivity index (χ0n) is 13.0. The molecule has 114 valence electrons. The Morgan fingerprint density at radius 3 is 2.85 bits per heavy atom. The Morgan fingerprint density at radius 2 is 2.20 bits per heavy atom. The molecule has 0 saturated carbocycles. The second kappa shape index (κ2) is 7.64. The highest BCUT2D eigenvalue weighted by molar-refractivity contribution is 5.32. The summed E-state index contributed by atoms with van der Waals surface area (Å²) in [4.78, 5) is 6.97. The fraction of sp³-hybridized carbons (Fsp3) is 0.800. The van der Waals surface area contributed by atoms with E-state index < -0.39 is 0 Å². The molecular weight excluding hydrogens is 252 g/mol. The first kappa shape index (κ1) is 15.3. The molecule has 1 saturated heterocycles. The number of anilines is 1. The summed E-state index contributed by atoms with van der Waals surface area (Å²) in [6.45, 7) is 6.26. The molecule has 5 nitrogen and oxygen atoms in total. The smallest absolute Gasteiger partial charge is 0.205 e. The van der Waals surface area contributed by atoms with Crippen LogP contribution >= 0.6 is 0 Å². The number of hydrogen-bond acceptors (Lipinski definition) is 4. The lowest BCUT2D eigenvalue weighted by molar-refractivity contribution is 0.162. The van der Waals surface area contributed by atoms with Crippen molar-refractivity contribution >= 4 is 5.95 Å². The minimum Gasteiger partial charge on any atom is -0.383 e. The number of methoxy groups -OCH3 is 1. The van der Waals surface area contributed by atoms with Gasteiger partial charge in [0.05, 0.1) is 12.6 Å². The van der Waals surface area contributed by atoms with Crippen molar-refractivity contribution < 1.29 is 4.74 Å². The molecule has 0 spiro atoms. The Morgan fingerprint density at radius 1 is 1.45 bits per heavy atom. The monoisotopic (exact) mass is 280 g/mol. The summed E-state index contributed by atoms with van der Waals surface area (Å²) < 4.78 is 7.49. The van der Waals surface area contributed by atoms with Gasteiger partial charge < -0.3 is 19.5 Å². The Hall–Kier alpha value is -1.07. The molecule has 1 aromatic heterocycles. The van der Waals surface area contributed by atoms with Gasteiger partial charge in [-0.05, 0) is 45.7 Å². The maximum atomic E-state index is 5.26. The van der Waals surface area contributed by atoms with Crippen LogP contribution in [0.15, 0.2) is 12.4 Å². The first-order valence-corrected chi connectivity index (χ1v) is 7.67. The average molecular weight is 280 g/mol. The van der Waals surface area contributed by atoms with E-state index in [1.807, 2.05) is 13.2 Å². The van der Waals surface area contributed by atoms with E-state index in [0.29, 0.717) is 6.04 Å².